The molecule has 0 heterocycles. The molecule has 1 unspecified atom stereocenters. The van der Waals surface area contributed by atoms with Gasteiger partial charge in [-0.3, -0.25) is 4.79 Å². The summed E-state index contributed by atoms with van der Waals surface area (Å²) in [5.41, 5.74) is 0.131. The Balaban J connectivity index is 4.67. The van der Waals surface area contributed by atoms with Gasteiger partial charge in [-0.25, -0.2) is 0 Å². The zero-order valence-electron chi connectivity index (χ0n) is 10.6. The van der Waals surface area contributed by atoms with E-state index in [1.165, 1.54) is 7.11 Å². The Kier molecular flexibility index (Phi) is 4.16. The van der Waals surface area contributed by atoms with Crippen molar-refractivity contribution in [3.63, 3.8) is 0 Å². The Hall–Kier alpha value is -0.530. The van der Waals surface area contributed by atoms with Gasteiger partial charge in [-0.2, -0.15) is 0 Å². The second-order valence-electron chi connectivity index (χ2n) is 6.21. The number of hydrogen-bond acceptors (Lipinski definition) is 2. The SMILES string of the molecule is COC(=O)C(CC(C)(C)C)C(C)(C)C. The molecule has 1 atom stereocenters. The lowest BCUT2D eigenvalue weighted by Gasteiger charge is -2.33. The van der Waals surface area contributed by atoms with Crippen molar-refractivity contribution in [1.82, 2.24) is 0 Å². The van der Waals surface area contributed by atoms with Crippen LogP contribution in [0.5, 0.6) is 0 Å². The van der Waals surface area contributed by atoms with Crippen LogP contribution in [0, 0.1) is 16.7 Å². The Morgan fingerprint density at radius 2 is 1.57 bits per heavy atom. The van der Waals surface area contributed by atoms with Gasteiger partial charge in [0.25, 0.3) is 0 Å². The van der Waals surface area contributed by atoms with Gasteiger partial charge in [-0.1, -0.05) is 41.5 Å². The van der Waals surface area contributed by atoms with Crippen molar-refractivity contribution in [3.8, 4) is 0 Å². The average Bonchev–Trinajstić information content (AvgIpc) is 1.95. The first-order valence-corrected chi connectivity index (χ1v) is 5.16. The van der Waals surface area contributed by atoms with Gasteiger partial charge in [-0.05, 0) is 17.3 Å². The van der Waals surface area contributed by atoms with E-state index in [9.17, 15) is 4.79 Å². The van der Waals surface area contributed by atoms with Crippen molar-refractivity contribution in [2.75, 3.05) is 7.11 Å². The van der Waals surface area contributed by atoms with E-state index in [1.54, 1.807) is 0 Å². The third-order valence-electron chi connectivity index (χ3n) is 2.35. The van der Waals surface area contributed by atoms with Gasteiger partial charge in [0.2, 0.25) is 0 Å². The summed E-state index contributed by atoms with van der Waals surface area (Å²) < 4.78 is 4.85. The van der Waals surface area contributed by atoms with E-state index in [-0.39, 0.29) is 22.7 Å². The minimum Gasteiger partial charge on any atom is -0.469 e. The van der Waals surface area contributed by atoms with Crippen LogP contribution in [-0.4, -0.2) is 13.1 Å². The predicted molar refractivity (Wildman–Crippen MR) is 59.0 cm³/mol. The molecule has 0 saturated carbocycles. The molecular weight excluding hydrogens is 176 g/mol. The number of ether oxygens (including phenoxy) is 1. The molecule has 0 aromatic carbocycles. The highest BCUT2D eigenvalue weighted by Gasteiger charge is 2.35. The minimum atomic E-state index is -0.0903. The number of hydrogen-bond donors (Lipinski definition) is 0. The second kappa shape index (κ2) is 4.33. The highest BCUT2D eigenvalue weighted by Crippen LogP contribution is 2.36. The molecule has 84 valence electrons. The van der Waals surface area contributed by atoms with Crippen molar-refractivity contribution in [2.45, 2.75) is 48.0 Å². The summed E-state index contributed by atoms with van der Waals surface area (Å²) >= 11 is 0. The minimum absolute atomic E-state index is 0.0208. The molecule has 14 heavy (non-hydrogen) atoms. The largest absolute Gasteiger partial charge is 0.469 e. The van der Waals surface area contributed by atoms with Crippen LogP contribution in [0.4, 0.5) is 0 Å². The molecule has 0 bridgehead atoms. The molecule has 0 aromatic heterocycles. The molecule has 2 heteroatoms. The first-order chi connectivity index (χ1) is 6.08. The molecule has 0 fully saturated rings. The quantitative estimate of drug-likeness (QED) is 0.639. The molecule has 0 rings (SSSR count). The standard InChI is InChI=1S/C12H24O2/c1-11(2,3)8-9(10(13)14-7)12(4,5)6/h9H,8H2,1-7H3. The van der Waals surface area contributed by atoms with Crippen LogP contribution in [0.1, 0.15) is 48.0 Å². The monoisotopic (exact) mass is 200 g/mol. The zero-order chi connectivity index (χ0) is 11.6. The van der Waals surface area contributed by atoms with Crippen molar-refractivity contribution in [3.05, 3.63) is 0 Å². The summed E-state index contributed by atoms with van der Waals surface area (Å²) in [5, 5.41) is 0. The summed E-state index contributed by atoms with van der Waals surface area (Å²) in [6.07, 6.45) is 0.864. The third kappa shape index (κ3) is 4.64. The number of carbonyl (C=O) groups excluding carboxylic acids is 1. The maximum atomic E-state index is 11.6. The van der Waals surface area contributed by atoms with Gasteiger partial charge in [0, 0.05) is 0 Å². The average molecular weight is 200 g/mol. The fraction of sp³-hybridized carbons (Fsp3) is 0.917. The van der Waals surface area contributed by atoms with Gasteiger partial charge >= 0.3 is 5.97 Å². The lowest BCUT2D eigenvalue weighted by atomic mass is 9.72. The molecular formula is C12H24O2. The number of methoxy groups -OCH3 is 1. The lowest BCUT2D eigenvalue weighted by molar-refractivity contribution is -0.150. The van der Waals surface area contributed by atoms with Crippen molar-refractivity contribution in [2.24, 2.45) is 16.7 Å². The molecule has 0 N–H and O–H groups in total. The third-order valence-corrected chi connectivity index (χ3v) is 2.35. The lowest BCUT2D eigenvalue weighted by Crippen LogP contribution is -2.33. The molecule has 0 aliphatic carbocycles. The van der Waals surface area contributed by atoms with Crippen LogP contribution < -0.4 is 0 Å². The van der Waals surface area contributed by atoms with E-state index < -0.39 is 0 Å². The van der Waals surface area contributed by atoms with E-state index in [0.29, 0.717) is 0 Å². The smallest absolute Gasteiger partial charge is 0.309 e. The Morgan fingerprint density at radius 1 is 1.14 bits per heavy atom. The molecule has 0 aliphatic rings. The summed E-state index contributed by atoms with van der Waals surface area (Å²) in [7, 11) is 1.46. The number of carbonyl (C=O) groups is 1. The van der Waals surface area contributed by atoms with Gasteiger partial charge in [0.15, 0.2) is 0 Å². The van der Waals surface area contributed by atoms with Gasteiger partial charge in [0.05, 0.1) is 13.0 Å². The number of rotatable bonds is 2. The molecule has 0 aromatic rings. The van der Waals surface area contributed by atoms with E-state index in [1.807, 2.05) is 0 Å². The Morgan fingerprint density at radius 3 is 1.79 bits per heavy atom. The van der Waals surface area contributed by atoms with Crippen LogP contribution in [0.15, 0.2) is 0 Å². The summed E-state index contributed by atoms with van der Waals surface area (Å²) in [4.78, 5) is 11.6. The van der Waals surface area contributed by atoms with Gasteiger partial charge < -0.3 is 4.74 Å². The Bertz CT molecular complexity index is 193. The summed E-state index contributed by atoms with van der Waals surface area (Å²) in [6, 6.07) is 0. The van der Waals surface area contributed by atoms with Crippen molar-refractivity contribution in [1.29, 1.82) is 0 Å². The van der Waals surface area contributed by atoms with Gasteiger partial charge in [-0.15, -0.1) is 0 Å². The highest BCUT2D eigenvalue weighted by atomic mass is 16.5. The van der Waals surface area contributed by atoms with Crippen LogP contribution in [0.3, 0.4) is 0 Å². The number of esters is 1. The van der Waals surface area contributed by atoms with E-state index in [2.05, 4.69) is 41.5 Å². The topological polar surface area (TPSA) is 26.3 Å². The summed E-state index contributed by atoms with van der Waals surface area (Å²) in [5.74, 6) is -0.111. The fourth-order valence-corrected chi connectivity index (χ4v) is 1.50. The van der Waals surface area contributed by atoms with Crippen molar-refractivity contribution >= 4 is 5.97 Å². The fourth-order valence-electron chi connectivity index (χ4n) is 1.50. The molecule has 0 spiro atoms. The van der Waals surface area contributed by atoms with E-state index in [4.69, 9.17) is 4.74 Å². The maximum Gasteiger partial charge on any atom is 0.309 e. The Labute approximate surface area is 88.0 Å². The van der Waals surface area contributed by atoms with Crippen LogP contribution in [-0.2, 0) is 9.53 Å². The molecule has 0 radical (unpaired) electrons. The highest BCUT2D eigenvalue weighted by molar-refractivity contribution is 5.73. The van der Waals surface area contributed by atoms with Gasteiger partial charge in [0.1, 0.15) is 0 Å². The molecule has 0 amide bonds. The molecule has 0 saturated heterocycles. The van der Waals surface area contributed by atoms with Crippen LogP contribution >= 0.6 is 0 Å². The van der Waals surface area contributed by atoms with Crippen LogP contribution in [0.2, 0.25) is 0 Å². The maximum absolute atomic E-state index is 11.6. The normalized spacial score (nSPS) is 15.1. The summed E-state index contributed by atoms with van der Waals surface area (Å²) in [6.45, 7) is 12.7. The van der Waals surface area contributed by atoms with E-state index in [0.717, 1.165) is 6.42 Å². The first kappa shape index (κ1) is 13.5. The van der Waals surface area contributed by atoms with E-state index >= 15 is 0 Å². The zero-order valence-corrected chi connectivity index (χ0v) is 10.6. The van der Waals surface area contributed by atoms with Crippen molar-refractivity contribution < 1.29 is 9.53 Å². The second-order valence-corrected chi connectivity index (χ2v) is 6.21. The molecule has 0 aliphatic heterocycles. The molecule has 2 nitrogen and oxygen atoms in total. The first-order valence-electron chi connectivity index (χ1n) is 5.16. The predicted octanol–water partition coefficient (Wildman–Crippen LogP) is 3.26. The van der Waals surface area contributed by atoms with Crippen LogP contribution in [0.25, 0.3) is 0 Å².